The van der Waals surface area contributed by atoms with Gasteiger partial charge in [-0.1, -0.05) is 6.92 Å². The first-order valence-corrected chi connectivity index (χ1v) is 6.89. The van der Waals surface area contributed by atoms with Crippen LogP contribution in [0, 0.1) is 5.82 Å². The molecule has 0 fully saturated rings. The molecule has 0 unspecified atom stereocenters. The average molecular weight is 276 g/mol. The van der Waals surface area contributed by atoms with Crippen molar-refractivity contribution in [2.45, 2.75) is 19.9 Å². The van der Waals surface area contributed by atoms with Gasteiger partial charge in [0.15, 0.2) is 0 Å². The molecule has 0 aliphatic heterocycles. The molecule has 0 bridgehead atoms. The normalized spacial score (nSPS) is 11.1. The lowest BCUT2D eigenvalue weighted by Gasteiger charge is -1.98. The van der Waals surface area contributed by atoms with E-state index in [1.165, 1.54) is 17.0 Å². The Morgan fingerprint density at radius 2 is 2.32 bits per heavy atom. The largest absolute Gasteiger partial charge is 0.349 e. The fourth-order valence-corrected chi connectivity index (χ4v) is 2.62. The minimum Gasteiger partial charge on any atom is -0.349 e. The smallest absolute Gasteiger partial charge is 0.201 e. The molecule has 0 aliphatic rings. The van der Waals surface area contributed by atoms with E-state index in [4.69, 9.17) is 0 Å². The summed E-state index contributed by atoms with van der Waals surface area (Å²) < 4.78 is 13.1. The second kappa shape index (κ2) is 4.97. The Kier molecular flexibility index (Phi) is 3.16. The van der Waals surface area contributed by atoms with Gasteiger partial charge in [-0.15, -0.1) is 11.3 Å². The maximum atomic E-state index is 13.1. The van der Waals surface area contributed by atoms with Crippen molar-refractivity contribution in [2.75, 3.05) is 5.32 Å². The van der Waals surface area contributed by atoms with Gasteiger partial charge < -0.3 is 10.3 Å². The minimum absolute atomic E-state index is 0.268. The number of hydrogen-bond donors (Lipinski definition) is 2. The van der Waals surface area contributed by atoms with Gasteiger partial charge in [0.25, 0.3) is 0 Å². The second-order valence-electron chi connectivity index (χ2n) is 4.17. The van der Waals surface area contributed by atoms with Crippen molar-refractivity contribution in [2.24, 2.45) is 0 Å². The first kappa shape index (κ1) is 12.1. The predicted molar refractivity (Wildman–Crippen MR) is 74.9 cm³/mol. The van der Waals surface area contributed by atoms with Crippen molar-refractivity contribution in [1.82, 2.24) is 15.0 Å². The van der Waals surface area contributed by atoms with Crippen LogP contribution in [0.1, 0.15) is 16.8 Å². The van der Waals surface area contributed by atoms with E-state index in [9.17, 15) is 4.39 Å². The van der Waals surface area contributed by atoms with Crippen LogP contribution in [0.15, 0.2) is 24.4 Å². The number of aryl methyl sites for hydroxylation is 1. The lowest BCUT2D eigenvalue weighted by atomic mass is 10.3. The van der Waals surface area contributed by atoms with E-state index in [1.807, 2.05) is 6.20 Å². The highest BCUT2D eigenvalue weighted by atomic mass is 32.1. The molecule has 98 valence electrons. The number of H-pyrrole nitrogens is 1. The molecule has 0 amide bonds. The summed E-state index contributed by atoms with van der Waals surface area (Å²) in [4.78, 5) is 13.0. The molecule has 1 aromatic carbocycles. The van der Waals surface area contributed by atoms with Gasteiger partial charge in [0.2, 0.25) is 5.95 Å². The van der Waals surface area contributed by atoms with E-state index in [0.29, 0.717) is 18.0 Å². The van der Waals surface area contributed by atoms with E-state index in [1.54, 1.807) is 17.4 Å². The first-order chi connectivity index (χ1) is 9.24. The fraction of sp³-hybridized carbons (Fsp3) is 0.231. The zero-order valence-electron chi connectivity index (χ0n) is 10.4. The Bertz CT molecular complexity index is 704. The molecule has 3 rings (SSSR count). The number of hydrogen-bond acceptors (Lipinski definition) is 4. The van der Waals surface area contributed by atoms with Crippen LogP contribution in [0.5, 0.6) is 0 Å². The molecule has 2 aromatic heterocycles. The molecule has 4 nitrogen and oxygen atoms in total. The third-order valence-electron chi connectivity index (χ3n) is 2.80. The topological polar surface area (TPSA) is 53.6 Å². The van der Waals surface area contributed by atoms with Crippen molar-refractivity contribution in [3.63, 3.8) is 0 Å². The van der Waals surface area contributed by atoms with Gasteiger partial charge in [-0.25, -0.2) is 14.4 Å². The maximum Gasteiger partial charge on any atom is 0.201 e. The average Bonchev–Trinajstić information content (AvgIpc) is 3.01. The standard InChI is InChI=1S/C13H13FN4S/c1-2-9-6-15-12(19-9)7-16-13-17-10-4-3-8(14)5-11(10)18-13/h3-6H,2,7H2,1H3,(H2,16,17,18). The molecule has 0 saturated carbocycles. The Balaban J connectivity index is 1.74. The van der Waals surface area contributed by atoms with Crippen LogP contribution >= 0.6 is 11.3 Å². The molecular formula is C13H13FN4S. The van der Waals surface area contributed by atoms with Crippen molar-refractivity contribution in [3.8, 4) is 0 Å². The van der Waals surface area contributed by atoms with Crippen molar-refractivity contribution >= 4 is 28.3 Å². The first-order valence-electron chi connectivity index (χ1n) is 6.07. The summed E-state index contributed by atoms with van der Waals surface area (Å²) in [7, 11) is 0. The number of nitrogens with zero attached hydrogens (tertiary/aromatic N) is 2. The number of nitrogens with one attached hydrogen (secondary N) is 2. The summed E-state index contributed by atoms with van der Waals surface area (Å²) in [5.74, 6) is 0.365. The number of aromatic nitrogens is 3. The highest BCUT2D eigenvalue weighted by Crippen LogP contribution is 2.17. The van der Waals surface area contributed by atoms with Gasteiger partial charge in [0, 0.05) is 11.1 Å². The third kappa shape index (κ3) is 2.58. The lowest BCUT2D eigenvalue weighted by molar-refractivity contribution is 0.629. The minimum atomic E-state index is -0.268. The number of imidazole rings is 1. The molecule has 0 atom stereocenters. The zero-order chi connectivity index (χ0) is 13.2. The number of fused-ring (bicyclic) bond motifs is 1. The summed E-state index contributed by atoms with van der Waals surface area (Å²) in [5.41, 5.74) is 1.44. The zero-order valence-corrected chi connectivity index (χ0v) is 11.2. The Labute approximate surface area is 113 Å². The highest BCUT2D eigenvalue weighted by Gasteiger charge is 2.05. The van der Waals surface area contributed by atoms with Crippen LogP contribution in [0.25, 0.3) is 11.0 Å². The van der Waals surface area contributed by atoms with E-state index in [0.717, 1.165) is 16.9 Å². The SMILES string of the molecule is CCc1cnc(CNc2nc3ccc(F)cc3[nH]2)s1. The number of benzene rings is 1. The monoisotopic (exact) mass is 276 g/mol. The van der Waals surface area contributed by atoms with Crippen LogP contribution in [-0.4, -0.2) is 15.0 Å². The number of anilines is 1. The molecule has 0 saturated heterocycles. The van der Waals surface area contributed by atoms with Crippen molar-refractivity contribution < 1.29 is 4.39 Å². The Morgan fingerprint density at radius 3 is 3.11 bits per heavy atom. The van der Waals surface area contributed by atoms with Gasteiger partial charge in [0.1, 0.15) is 10.8 Å². The van der Waals surface area contributed by atoms with Gasteiger partial charge in [-0.05, 0) is 24.6 Å². The van der Waals surface area contributed by atoms with Gasteiger partial charge >= 0.3 is 0 Å². The van der Waals surface area contributed by atoms with Crippen molar-refractivity contribution in [3.05, 3.63) is 40.1 Å². The van der Waals surface area contributed by atoms with Gasteiger partial charge in [-0.2, -0.15) is 0 Å². The van der Waals surface area contributed by atoms with Gasteiger partial charge in [-0.3, -0.25) is 0 Å². The quantitative estimate of drug-likeness (QED) is 0.768. The van der Waals surface area contributed by atoms with E-state index < -0.39 is 0 Å². The molecule has 0 aliphatic carbocycles. The summed E-state index contributed by atoms with van der Waals surface area (Å²) >= 11 is 1.69. The number of halogens is 1. The summed E-state index contributed by atoms with van der Waals surface area (Å²) in [5, 5.41) is 4.18. The number of aromatic amines is 1. The van der Waals surface area contributed by atoms with Gasteiger partial charge in [0.05, 0.1) is 17.6 Å². The Hall–Kier alpha value is -1.95. The molecule has 0 spiro atoms. The molecule has 6 heteroatoms. The Morgan fingerprint density at radius 1 is 1.42 bits per heavy atom. The van der Waals surface area contributed by atoms with E-state index >= 15 is 0 Å². The summed E-state index contributed by atoms with van der Waals surface area (Å²) in [6, 6.07) is 4.50. The van der Waals surface area contributed by atoms with Crippen LogP contribution in [0.2, 0.25) is 0 Å². The second-order valence-corrected chi connectivity index (χ2v) is 5.37. The molecule has 2 heterocycles. The maximum absolute atomic E-state index is 13.1. The van der Waals surface area contributed by atoms with E-state index in [-0.39, 0.29) is 5.82 Å². The highest BCUT2D eigenvalue weighted by molar-refractivity contribution is 7.11. The van der Waals surface area contributed by atoms with E-state index in [2.05, 4.69) is 27.2 Å². The van der Waals surface area contributed by atoms with Crippen LogP contribution < -0.4 is 5.32 Å². The van der Waals surface area contributed by atoms with Crippen LogP contribution in [0.3, 0.4) is 0 Å². The summed E-state index contributed by atoms with van der Waals surface area (Å²) in [6.07, 6.45) is 2.90. The summed E-state index contributed by atoms with van der Waals surface area (Å²) in [6.45, 7) is 2.73. The molecule has 2 N–H and O–H groups in total. The lowest BCUT2D eigenvalue weighted by Crippen LogP contribution is -1.99. The number of rotatable bonds is 4. The third-order valence-corrected chi connectivity index (χ3v) is 3.94. The van der Waals surface area contributed by atoms with Crippen LogP contribution in [0.4, 0.5) is 10.3 Å². The molecule has 3 aromatic rings. The molecule has 0 radical (unpaired) electrons. The molecule has 19 heavy (non-hydrogen) atoms. The van der Waals surface area contributed by atoms with Crippen LogP contribution in [-0.2, 0) is 13.0 Å². The predicted octanol–water partition coefficient (Wildman–Crippen LogP) is 3.33. The molecular weight excluding hydrogens is 263 g/mol. The van der Waals surface area contributed by atoms with Crippen molar-refractivity contribution in [1.29, 1.82) is 0 Å². The fourth-order valence-electron chi connectivity index (χ4n) is 1.82. The number of thiazole rings is 1.